The number of rotatable bonds is 0. The van der Waals surface area contributed by atoms with Gasteiger partial charge in [0.05, 0.1) is 5.75 Å². The van der Waals surface area contributed by atoms with Crippen LogP contribution in [0.4, 0.5) is 0 Å². The predicted octanol–water partition coefficient (Wildman–Crippen LogP) is -0.322. The molecule has 0 saturated carbocycles. The molecule has 54 valence electrons. The number of hydrogen-bond donors (Lipinski definition) is 1. The highest BCUT2D eigenvalue weighted by Gasteiger charge is 2.16. The van der Waals surface area contributed by atoms with Gasteiger partial charge in [-0.25, -0.2) is 8.42 Å². The van der Waals surface area contributed by atoms with Gasteiger partial charge in [0, 0.05) is 11.4 Å². The first-order valence-electron chi connectivity index (χ1n) is 2.27. The van der Waals surface area contributed by atoms with Crippen molar-refractivity contribution < 1.29 is 8.42 Å². The molecular formula is C4H8ClNO2S. The standard InChI is InChI=1S/C4H7NO2S.ClH/c5-4-1-2-8(6,7)3-4;/h1-2,4H,3,5H2;1H/t4-;/m1./s1. The number of sulfone groups is 1. The van der Waals surface area contributed by atoms with Crippen molar-refractivity contribution in [2.75, 3.05) is 5.75 Å². The molecule has 0 aromatic carbocycles. The molecule has 0 aliphatic carbocycles. The van der Waals surface area contributed by atoms with Gasteiger partial charge >= 0.3 is 0 Å². The van der Waals surface area contributed by atoms with E-state index in [1.807, 2.05) is 0 Å². The molecule has 0 unspecified atom stereocenters. The Balaban J connectivity index is 0.000000640. The Morgan fingerprint density at radius 3 is 2.22 bits per heavy atom. The van der Waals surface area contributed by atoms with E-state index < -0.39 is 9.84 Å². The minimum atomic E-state index is -2.90. The zero-order valence-corrected chi connectivity index (χ0v) is 6.28. The molecule has 3 nitrogen and oxygen atoms in total. The van der Waals surface area contributed by atoms with E-state index in [0.717, 1.165) is 5.41 Å². The zero-order chi connectivity index (χ0) is 6.20. The number of halogens is 1. The molecule has 0 fully saturated rings. The third-order valence-corrected chi connectivity index (χ3v) is 2.38. The maximum absolute atomic E-state index is 10.5. The lowest BCUT2D eigenvalue weighted by atomic mass is 10.4. The molecule has 5 heteroatoms. The van der Waals surface area contributed by atoms with E-state index in [1.54, 1.807) is 0 Å². The van der Waals surface area contributed by atoms with Gasteiger partial charge in [0.15, 0.2) is 9.84 Å². The SMILES string of the molecule is Cl.N[C@@H]1C=CS(=O)(=O)C1. The molecule has 0 aromatic rings. The Kier molecular flexibility index (Phi) is 2.66. The molecule has 9 heavy (non-hydrogen) atoms. The van der Waals surface area contributed by atoms with Gasteiger partial charge in [-0.05, 0) is 0 Å². The highest BCUT2D eigenvalue weighted by atomic mass is 35.5. The highest BCUT2D eigenvalue weighted by Crippen LogP contribution is 2.04. The Labute approximate surface area is 60.3 Å². The molecule has 1 aliphatic rings. The van der Waals surface area contributed by atoms with Crippen molar-refractivity contribution in [3.8, 4) is 0 Å². The third kappa shape index (κ3) is 2.34. The second-order valence-electron chi connectivity index (χ2n) is 1.82. The largest absolute Gasteiger partial charge is 0.324 e. The zero-order valence-electron chi connectivity index (χ0n) is 4.65. The van der Waals surface area contributed by atoms with Crippen LogP contribution in [0.2, 0.25) is 0 Å². The first-order chi connectivity index (χ1) is 3.60. The summed E-state index contributed by atoms with van der Waals surface area (Å²) in [5, 5.41) is 1.16. The highest BCUT2D eigenvalue weighted by molar-refractivity contribution is 7.94. The van der Waals surface area contributed by atoms with Crippen molar-refractivity contribution in [2.24, 2.45) is 5.73 Å². The first-order valence-corrected chi connectivity index (χ1v) is 3.98. The molecule has 1 aliphatic heterocycles. The lowest BCUT2D eigenvalue weighted by molar-refractivity contribution is 0.604. The van der Waals surface area contributed by atoms with E-state index in [0.29, 0.717) is 0 Å². The molecule has 0 spiro atoms. The van der Waals surface area contributed by atoms with Gasteiger partial charge in [-0.15, -0.1) is 12.4 Å². The smallest absolute Gasteiger partial charge is 0.173 e. The van der Waals surface area contributed by atoms with E-state index in [1.165, 1.54) is 6.08 Å². The fraction of sp³-hybridized carbons (Fsp3) is 0.500. The van der Waals surface area contributed by atoms with Crippen LogP contribution in [-0.2, 0) is 9.84 Å². The van der Waals surface area contributed by atoms with Crippen LogP contribution >= 0.6 is 12.4 Å². The van der Waals surface area contributed by atoms with E-state index >= 15 is 0 Å². The maximum atomic E-state index is 10.5. The monoisotopic (exact) mass is 169 g/mol. The van der Waals surface area contributed by atoms with Gasteiger partial charge in [-0.2, -0.15) is 0 Å². The van der Waals surface area contributed by atoms with Crippen LogP contribution in [-0.4, -0.2) is 20.2 Å². The molecule has 0 aromatic heterocycles. The average Bonchev–Trinajstić information content (AvgIpc) is 1.82. The van der Waals surface area contributed by atoms with Crippen molar-refractivity contribution in [2.45, 2.75) is 6.04 Å². The summed E-state index contributed by atoms with van der Waals surface area (Å²) in [4.78, 5) is 0. The first kappa shape index (κ1) is 8.94. The molecular weight excluding hydrogens is 162 g/mol. The molecule has 0 radical (unpaired) electrons. The molecule has 0 amide bonds. The van der Waals surface area contributed by atoms with Crippen molar-refractivity contribution in [3.63, 3.8) is 0 Å². The molecule has 0 saturated heterocycles. The van der Waals surface area contributed by atoms with Crippen LogP contribution in [0.1, 0.15) is 0 Å². The molecule has 2 N–H and O–H groups in total. The van der Waals surface area contributed by atoms with Gasteiger partial charge in [0.1, 0.15) is 0 Å². The van der Waals surface area contributed by atoms with E-state index in [9.17, 15) is 8.42 Å². The van der Waals surface area contributed by atoms with Gasteiger partial charge in [-0.3, -0.25) is 0 Å². The average molecular weight is 170 g/mol. The predicted molar refractivity (Wildman–Crippen MR) is 38.2 cm³/mol. The minimum absolute atomic E-state index is 0. The molecule has 0 bridgehead atoms. The van der Waals surface area contributed by atoms with Crippen LogP contribution in [0, 0.1) is 0 Å². The molecule has 1 heterocycles. The Morgan fingerprint density at radius 2 is 2.11 bits per heavy atom. The lowest BCUT2D eigenvalue weighted by Gasteiger charge is -1.91. The molecule has 1 rings (SSSR count). The van der Waals surface area contributed by atoms with E-state index in [-0.39, 0.29) is 24.2 Å². The summed E-state index contributed by atoms with van der Waals surface area (Å²) in [6, 6.07) is -0.278. The van der Waals surface area contributed by atoms with Crippen molar-refractivity contribution >= 4 is 22.2 Å². The van der Waals surface area contributed by atoms with Crippen molar-refractivity contribution in [3.05, 3.63) is 11.5 Å². The Bertz CT molecular complexity index is 209. The van der Waals surface area contributed by atoms with Crippen molar-refractivity contribution in [1.82, 2.24) is 0 Å². The van der Waals surface area contributed by atoms with Crippen LogP contribution in [0.15, 0.2) is 11.5 Å². The lowest BCUT2D eigenvalue weighted by Crippen LogP contribution is -2.20. The van der Waals surface area contributed by atoms with Gasteiger partial charge in [0.25, 0.3) is 0 Å². The van der Waals surface area contributed by atoms with Crippen LogP contribution in [0.25, 0.3) is 0 Å². The minimum Gasteiger partial charge on any atom is -0.324 e. The number of nitrogens with two attached hydrogens (primary N) is 1. The van der Waals surface area contributed by atoms with Crippen LogP contribution in [0.3, 0.4) is 0 Å². The van der Waals surface area contributed by atoms with Crippen LogP contribution < -0.4 is 5.73 Å². The fourth-order valence-corrected chi connectivity index (χ4v) is 1.80. The summed E-state index contributed by atoms with van der Waals surface area (Å²) >= 11 is 0. The maximum Gasteiger partial charge on any atom is 0.173 e. The fourth-order valence-electron chi connectivity index (χ4n) is 0.600. The van der Waals surface area contributed by atoms with Gasteiger partial charge in [0.2, 0.25) is 0 Å². The summed E-state index contributed by atoms with van der Waals surface area (Å²) in [5.41, 5.74) is 5.24. The third-order valence-electron chi connectivity index (χ3n) is 0.958. The summed E-state index contributed by atoms with van der Waals surface area (Å²) in [6.07, 6.45) is 1.50. The second-order valence-corrected chi connectivity index (χ2v) is 3.75. The van der Waals surface area contributed by atoms with Gasteiger partial charge < -0.3 is 5.73 Å². The normalized spacial score (nSPS) is 29.7. The summed E-state index contributed by atoms with van der Waals surface area (Å²) < 4.78 is 20.9. The summed E-state index contributed by atoms with van der Waals surface area (Å²) in [5.74, 6) is 0.0764. The van der Waals surface area contributed by atoms with E-state index in [2.05, 4.69) is 0 Å². The number of hydrogen-bond acceptors (Lipinski definition) is 3. The topological polar surface area (TPSA) is 60.2 Å². The Hall–Kier alpha value is -0.0600. The van der Waals surface area contributed by atoms with E-state index in [4.69, 9.17) is 5.73 Å². The van der Waals surface area contributed by atoms with Gasteiger partial charge in [-0.1, -0.05) is 6.08 Å². The quantitative estimate of drug-likeness (QED) is 0.541. The Morgan fingerprint density at radius 1 is 1.56 bits per heavy atom. The van der Waals surface area contributed by atoms with Crippen LogP contribution in [0.5, 0.6) is 0 Å². The van der Waals surface area contributed by atoms with Crippen molar-refractivity contribution in [1.29, 1.82) is 0 Å². The second kappa shape index (κ2) is 2.68. The summed E-state index contributed by atoms with van der Waals surface area (Å²) in [6.45, 7) is 0. The molecule has 1 atom stereocenters. The summed E-state index contributed by atoms with van der Waals surface area (Å²) in [7, 11) is -2.90.